The average molecular weight is 406 g/mol. The van der Waals surface area contributed by atoms with Crippen LogP contribution in [-0.2, 0) is 0 Å². The topological polar surface area (TPSA) is 66.5 Å². The molecule has 0 saturated heterocycles. The van der Waals surface area contributed by atoms with E-state index < -0.39 is 0 Å². The number of para-hydroxylation sites is 1. The summed E-state index contributed by atoms with van der Waals surface area (Å²) in [5.41, 5.74) is 1.64. The average Bonchev–Trinajstić information content (AvgIpc) is 2.74. The highest BCUT2D eigenvalue weighted by Gasteiger charge is 2.33. The summed E-state index contributed by atoms with van der Waals surface area (Å²) in [6.07, 6.45) is 0. The fraction of sp³-hybridized carbons (Fsp3) is 0.0625. The molecule has 2 aromatic carbocycles. The number of imide groups is 1. The van der Waals surface area contributed by atoms with Crippen LogP contribution in [0.3, 0.4) is 0 Å². The fourth-order valence-electron chi connectivity index (χ4n) is 2.26. The van der Waals surface area contributed by atoms with Crippen LogP contribution in [0, 0.1) is 3.57 Å². The quantitative estimate of drug-likeness (QED) is 0.616. The first kappa shape index (κ1) is 14.7. The molecule has 1 N–H and O–H groups in total. The maximum Gasteiger partial charge on any atom is 0.261 e. The van der Waals surface area contributed by atoms with Gasteiger partial charge in [-0.15, -0.1) is 0 Å². The third-order valence-electron chi connectivity index (χ3n) is 3.47. The molecule has 6 heteroatoms. The SMILES string of the molecule is CN1C(=O)c2ccc(C(=O)Nc3ccccc3I)cc2C1=O. The molecule has 0 bridgehead atoms. The second kappa shape index (κ2) is 5.53. The minimum absolute atomic E-state index is 0.267. The summed E-state index contributed by atoms with van der Waals surface area (Å²) < 4.78 is 0.917. The molecule has 3 amide bonds. The molecule has 0 aliphatic carbocycles. The van der Waals surface area contributed by atoms with E-state index in [1.54, 1.807) is 12.1 Å². The van der Waals surface area contributed by atoms with E-state index in [0.717, 1.165) is 8.47 Å². The van der Waals surface area contributed by atoms with E-state index >= 15 is 0 Å². The highest BCUT2D eigenvalue weighted by Crippen LogP contribution is 2.24. The zero-order valence-electron chi connectivity index (χ0n) is 11.6. The summed E-state index contributed by atoms with van der Waals surface area (Å²) >= 11 is 2.13. The van der Waals surface area contributed by atoms with E-state index in [1.165, 1.54) is 19.2 Å². The number of benzene rings is 2. The Hall–Kier alpha value is -2.22. The molecule has 1 aliphatic heterocycles. The van der Waals surface area contributed by atoms with Crippen LogP contribution in [0.5, 0.6) is 0 Å². The van der Waals surface area contributed by atoms with Gasteiger partial charge in [-0.05, 0) is 52.9 Å². The normalized spacial score (nSPS) is 13.3. The van der Waals surface area contributed by atoms with Crippen LogP contribution in [0.4, 0.5) is 5.69 Å². The molecule has 0 atom stereocenters. The molecule has 2 aromatic rings. The number of nitrogens with one attached hydrogen (secondary N) is 1. The van der Waals surface area contributed by atoms with Crippen molar-refractivity contribution >= 4 is 46.0 Å². The zero-order chi connectivity index (χ0) is 15.9. The van der Waals surface area contributed by atoms with Crippen molar-refractivity contribution in [2.45, 2.75) is 0 Å². The van der Waals surface area contributed by atoms with Gasteiger partial charge in [0, 0.05) is 16.2 Å². The zero-order valence-corrected chi connectivity index (χ0v) is 13.7. The van der Waals surface area contributed by atoms with Crippen LogP contribution in [0.2, 0.25) is 0 Å². The molecule has 0 radical (unpaired) electrons. The largest absolute Gasteiger partial charge is 0.321 e. The Labute approximate surface area is 140 Å². The van der Waals surface area contributed by atoms with Crippen molar-refractivity contribution in [1.29, 1.82) is 0 Å². The lowest BCUT2D eigenvalue weighted by Gasteiger charge is -2.07. The molecular formula is C16H11IN2O3. The summed E-state index contributed by atoms with van der Waals surface area (Å²) in [7, 11) is 1.43. The minimum atomic E-state index is -0.385. The van der Waals surface area contributed by atoms with Crippen molar-refractivity contribution in [3.8, 4) is 0 Å². The van der Waals surface area contributed by atoms with E-state index in [1.807, 2.05) is 18.2 Å². The van der Waals surface area contributed by atoms with E-state index in [-0.39, 0.29) is 23.3 Å². The number of hydrogen-bond acceptors (Lipinski definition) is 3. The Kier molecular flexibility index (Phi) is 3.69. The van der Waals surface area contributed by atoms with Crippen molar-refractivity contribution in [3.05, 3.63) is 62.7 Å². The molecule has 0 fully saturated rings. The van der Waals surface area contributed by atoms with Gasteiger partial charge in [0.25, 0.3) is 17.7 Å². The molecule has 0 spiro atoms. The van der Waals surface area contributed by atoms with Crippen molar-refractivity contribution < 1.29 is 14.4 Å². The first-order valence-corrected chi connectivity index (χ1v) is 7.59. The number of carbonyl (C=O) groups excluding carboxylic acids is 3. The summed E-state index contributed by atoms with van der Waals surface area (Å²) in [5.74, 6) is -1.05. The molecule has 110 valence electrons. The third-order valence-corrected chi connectivity index (χ3v) is 4.41. The lowest BCUT2D eigenvalue weighted by molar-refractivity contribution is 0.0693. The van der Waals surface area contributed by atoms with E-state index in [9.17, 15) is 14.4 Å². The Bertz CT molecular complexity index is 817. The van der Waals surface area contributed by atoms with Gasteiger partial charge >= 0.3 is 0 Å². The predicted molar refractivity (Wildman–Crippen MR) is 90.0 cm³/mol. The number of anilines is 1. The maximum absolute atomic E-state index is 12.3. The van der Waals surface area contributed by atoms with Gasteiger partial charge in [0.05, 0.1) is 16.8 Å². The molecule has 1 aliphatic rings. The molecular weight excluding hydrogens is 395 g/mol. The lowest BCUT2D eigenvalue weighted by atomic mass is 10.1. The van der Waals surface area contributed by atoms with Crippen molar-refractivity contribution in [1.82, 2.24) is 4.90 Å². The smallest absolute Gasteiger partial charge is 0.261 e. The monoisotopic (exact) mass is 406 g/mol. The van der Waals surface area contributed by atoms with Gasteiger partial charge < -0.3 is 5.32 Å². The lowest BCUT2D eigenvalue weighted by Crippen LogP contribution is -2.24. The van der Waals surface area contributed by atoms with Gasteiger partial charge in [0.15, 0.2) is 0 Å². The number of amides is 3. The van der Waals surface area contributed by atoms with Gasteiger partial charge in [-0.3, -0.25) is 19.3 Å². The van der Waals surface area contributed by atoms with Crippen molar-refractivity contribution in [2.75, 3.05) is 12.4 Å². The van der Waals surface area contributed by atoms with Crippen LogP contribution >= 0.6 is 22.6 Å². The van der Waals surface area contributed by atoms with E-state index in [0.29, 0.717) is 16.8 Å². The maximum atomic E-state index is 12.3. The first-order valence-electron chi connectivity index (χ1n) is 6.51. The van der Waals surface area contributed by atoms with Crippen LogP contribution in [0.25, 0.3) is 0 Å². The summed E-state index contributed by atoms with van der Waals surface area (Å²) in [4.78, 5) is 37.2. The second-order valence-corrected chi connectivity index (χ2v) is 6.03. The van der Waals surface area contributed by atoms with Gasteiger partial charge in [0.2, 0.25) is 0 Å². The number of hydrogen-bond donors (Lipinski definition) is 1. The summed E-state index contributed by atoms with van der Waals surface area (Å²) in [6, 6.07) is 11.9. The Morgan fingerprint density at radius 3 is 2.45 bits per heavy atom. The second-order valence-electron chi connectivity index (χ2n) is 4.86. The summed E-state index contributed by atoms with van der Waals surface area (Å²) in [5, 5.41) is 2.80. The molecule has 5 nitrogen and oxygen atoms in total. The third kappa shape index (κ3) is 2.39. The van der Waals surface area contributed by atoms with Crippen molar-refractivity contribution in [2.24, 2.45) is 0 Å². The Morgan fingerprint density at radius 2 is 1.73 bits per heavy atom. The number of carbonyl (C=O) groups is 3. The molecule has 22 heavy (non-hydrogen) atoms. The molecule has 0 unspecified atom stereocenters. The highest BCUT2D eigenvalue weighted by molar-refractivity contribution is 14.1. The first-order chi connectivity index (χ1) is 10.5. The Balaban J connectivity index is 1.91. The predicted octanol–water partition coefficient (Wildman–Crippen LogP) is 2.77. The van der Waals surface area contributed by atoms with Crippen LogP contribution < -0.4 is 5.32 Å². The van der Waals surface area contributed by atoms with Crippen molar-refractivity contribution in [3.63, 3.8) is 0 Å². The highest BCUT2D eigenvalue weighted by atomic mass is 127. The summed E-state index contributed by atoms with van der Waals surface area (Å²) in [6.45, 7) is 0. The minimum Gasteiger partial charge on any atom is -0.321 e. The number of fused-ring (bicyclic) bond motifs is 1. The van der Waals surface area contributed by atoms with E-state index in [4.69, 9.17) is 0 Å². The number of nitrogens with zero attached hydrogens (tertiary/aromatic N) is 1. The number of halogens is 1. The molecule has 3 rings (SSSR count). The van der Waals surface area contributed by atoms with Gasteiger partial charge in [-0.2, -0.15) is 0 Å². The van der Waals surface area contributed by atoms with Gasteiger partial charge in [-0.1, -0.05) is 12.1 Å². The van der Waals surface area contributed by atoms with Crippen LogP contribution in [0.15, 0.2) is 42.5 Å². The molecule has 0 aromatic heterocycles. The van der Waals surface area contributed by atoms with Crippen LogP contribution in [0.1, 0.15) is 31.1 Å². The van der Waals surface area contributed by atoms with Gasteiger partial charge in [0.1, 0.15) is 0 Å². The molecule has 1 heterocycles. The molecule has 0 saturated carbocycles. The fourth-order valence-corrected chi connectivity index (χ4v) is 2.78. The number of rotatable bonds is 2. The standard InChI is InChI=1S/C16H11IN2O3/c1-19-15(21)10-7-6-9(8-11(10)16(19)22)14(20)18-13-5-3-2-4-12(13)17/h2-8H,1H3,(H,18,20). The Morgan fingerprint density at radius 1 is 1.05 bits per heavy atom. The van der Waals surface area contributed by atoms with Gasteiger partial charge in [-0.25, -0.2) is 0 Å². The van der Waals surface area contributed by atoms with Crippen LogP contribution in [-0.4, -0.2) is 29.7 Å². The van der Waals surface area contributed by atoms with E-state index in [2.05, 4.69) is 27.9 Å².